The van der Waals surface area contributed by atoms with Crippen LogP contribution in [0.15, 0.2) is 23.8 Å². The number of phosphoric acid groups is 1. The number of phosphoric ester groups is 1. The summed E-state index contributed by atoms with van der Waals surface area (Å²) in [6.07, 6.45) is -1.96. The normalized spacial score (nSPS) is 35.4. The van der Waals surface area contributed by atoms with Gasteiger partial charge in [-0.1, -0.05) is 0 Å². The molecule has 0 saturated carbocycles. The first-order valence-corrected chi connectivity index (χ1v) is 16.3. The van der Waals surface area contributed by atoms with E-state index in [9.17, 15) is 23.7 Å². The number of nitrogens with zero attached hydrogens (tertiary/aromatic N) is 7. The largest absolute Gasteiger partial charge is 0.472 e. The van der Waals surface area contributed by atoms with Gasteiger partial charge in [-0.15, -0.1) is 0 Å². The highest BCUT2D eigenvalue weighted by Crippen LogP contribution is 2.53. The Balaban J connectivity index is 1.13. The summed E-state index contributed by atoms with van der Waals surface area (Å²) in [4.78, 5) is 56.5. The monoisotopic (exact) mass is 640 g/mol. The molecule has 22 heteroatoms. The van der Waals surface area contributed by atoms with Gasteiger partial charge in [0.1, 0.15) is 30.4 Å². The highest BCUT2D eigenvalue weighted by atomic mass is 31.2. The minimum absolute atomic E-state index is 0.00166. The molecule has 7 rings (SSSR count). The lowest BCUT2D eigenvalue weighted by Crippen LogP contribution is -2.31. The van der Waals surface area contributed by atoms with Crippen LogP contribution in [0.5, 0.6) is 0 Å². The van der Waals surface area contributed by atoms with E-state index >= 15 is 0 Å². The van der Waals surface area contributed by atoms with Gasteiger partial charge in [-0.2, -0.15) is 4.98 Å². The number of fused-ring (bicyclic) bond motifs is 4. The predicted octanol–water partition coefficient (Wildman–Crippen LogP) is 0.175. The van der Waals surface area contributed by atoms with Crippen LogP contribution < -0.4 is 17.0 Å². The number of rotatable bonds is 2. The molecule has 230 valence electrons. The lowest BCUT2D eigenvalue weighted by molar-refractivity contribution is -0.0492. The van der Waals surface area contributed by atoms with Crippen LogP contribution in [0.3, 0.4) is 0 Å². The number of anilines is 2. The lowest BCUT2D eigenvalue weighted by atomic mass is 10.1. The van der Waals surface area contributed by atoms with Crippen LogP contribution in [0.4, 0.5) is 11.8 Å². The van der Waals surface area contributed by atoms with E-state index in [0.717, 1.165) is 0 Å². The average Bonchev–Trinajstić information content (AvgIpc) is 3.71. The van der Waals surface area contributed by atoms with E-state index in [1.54, 1.807) is 4.57 Å². The summed E-state index contributed by atoms with van der Waals surface area (Å²) in [6, 6.07) is 0. The Hall–Kier alpha value is -3.32. The second kappa shape index (κ2) is 10.4. The van der Waals surface area contributed by atoms with Crippen molar-refractivity contribution in [2.75, 3.05) is 24.2 Å². The first-order chi connectivity index (χ1) is 20.5. The van der Waals surface area contributed by atoms with Crippen molar-refractivity contribution in [2.45, 2.75) is 56.1 Å². The zero-order valence-corrected chi connectivity index (χ0v) is 23.9. The van der Waals surface area contributed by atoms with Gasteiger partial charge in [0.15, 0.2) is 22.6 Å². The molecule has 8 atom stereocenters. The van der Waals surface area contributed by atoms with Crippen molar-refractivity contribution in [1.82, 2.24) is 39.0 Å². The van der Waals surface area contributed by atoms with Gasteiger partial charge in [0.2, 0.25) is 5.95 Å². The fourth-order valence-electron chi connectivity index (χ4n) is 5.53. The van der Waals surface area contributed by atoms with E-state index in [0.29, 0.717) is 11.2 Å². The Bertz CT molecular complexity index is 1860. The maximum Gasteiger partial charge on any atom is 0.472 e. The van der Waals surface area contributed by atoms with Gasteiger partial charge in [-0.3, -0.25) is 32.5 Å². The van der Waals surface area contributed by atoms with E-state index < -0.39 is 64.5 Å². The molecule has 0 bridgehead atoms. The molecule has 3 saturated heterocycles. The first-order valence-electron chi connectivity index (χ1n) is 13.1. The third-order valence-electron chi connectivity index (χ3n) is 7.49. The summed E-state index contributed by atoms with van der Waals surface area (Å²) in [5, 5.41) is 0. The van der Waals surface area contributed by atoms with Crippen LogP contribution >= 0.6 is 15.4 Å². The molecule has 0 aromatic carbocycles. The molecule has 2 unspecified atom stereocenters. The van der Waals surface area contributed by atoms with Crippen molar-refractivity contribution in [3.05, 3.63) is 29.3 Å². The number of nitrogens with two attached hydrogens (primary N) is 2. The van der Waals surface area contributed by atoms with Gasteiger partial charge in [0, 0.05) is 12.8 Å². The third kappa shape index (κ3) is 5.34. The number of imidazole rings is 2. The zero-order chi connectivity index (χ0) is 30.1. The molecule has 3 fully saturated rings. The zero-order valence-electron chi connectivity index (χ0n) is 22.1. The van der Waals surface area contributed by atoms with Crippen LogP contribution in [0.1, 0.15) is 31.7 Å². The second-order valence-corrected chi connectivity index (χ2v) is 13.6. The van der Waals surface area contributed by atoms with Crippen LogP contribution in [0.25, 0.3) is 22.3 Å². The molecule has 3 aliphatic rings. The summed E-state index contributed by atoms with van der Waals surface area (Å²) in [5.41, 5.74) is 11.9. The van der Waals surface area contributed by atoms with Crippen LogP contribution in [-0.4, -0.2) is 86.0 Å². The number of H-pyrrole nitrogens is 1. The number of nitrogen functional groups attached to an aromatic ring is 2. The number of hydrogen-bond acceptors (Lipinski definition) is 15. The summed E-state index contributed by atoms with van der Waals surface area (Å²) in [5.74, 6) is 0.0246. The Kier molecular flexibility index (Phi) is 6.88. The first kappa shape index (κ1) is 28.5. The molecule has 7 heterocycles. The Labute approximate surface area is 240 Å². The lowest BCUT2D eigenvalue weighted by Gasteiger charge is -2.27. The molecule has 0 amide bonds. The van der Waals surface area contributed by atoms with E-state index in [1.165, 1.54) is 23.5 Å². The van der Waals surface area contributed by atoms with Gasteiger partial charge in [0.25, 0.3) is 5.56 Å². The molecule has 20 nitrogen and oxygen atoms in total. The maximum absolute atomic E-state index is 13.2. The van der Waals surface area contributed by atoms with Crippen LogP contribution in [0, 0.1) is 0 Å². The third-order valence-corrected chi connectivity index (χ3v) is 9.92. The molecule has 0 radical (unpaired) electrons. The maximum atomic E-state index is 13.2. The number of hydrogen-bond donors (Lipinski definition) is 5. The Morgan fingerprint density at radius 2 is 1.56 bits per heavy atom. The second-order valence-electron chi connectivity index (χ2n) is 10.3. The van der Waals surface area contributed by atoms with E-state index in [-0.39, 0.29) is 48.4 Å². The Morgan fingerprint density at radius 3 is 2.33 bits per heavy atom. The SMILES string of the molecule is Nc1nc2c(ncn2[C@H]2C[C@@H]3OP(=O)(O)CC[C@H]4O[C@@H](n5cnc6c(N)ncnc65)C[C@@H]4OP(=O)(O)OC[C@H]3O2)c(=O)[nH]1. The molecule has 3 aliphatic heterocycles. The average molecular weight is 640 g/mol. The molecule has 0 aliphatic carbocycles. The molecule has 0 spiro atoms. The van der Waals surface area contributed by atoms with Crippen molar-refractivity contribution in [2.24, 2.45) is 0 Å². The Morgan fingerprint density at radius 1 is 0.884 bits per heavy atom. The van der Waals surface area contributed by atoms with Crippen molar-refractivity contribution in [1.29, 1.82) is 0 Å². The van der Waals surface area contributed by atoms with E-state index in [1.807, 2.05) is 0 Å². The quantitative estimate of drug-likeness (QED) is 0.183. The standard InChI is InChI=1S/C21H26N10O10P2/c22-17-15-18(25-6-24-17)30(7-26-15)13-3-10-9(38-13)1-2-42(33,34)40-11-4-14(39-12(11)5-37-43(35,36)41-10)31-8-27-16-19(31)28-21(23)29-20(16)32/h6-14H,1-5H2,(H,33,34)(H,35,36)(H2,22,24,25)(H3,23,28,29,32)/t9-,10+,11+,12-,13-,14-/m1/s1. The van der Waals surface area contributed by atoms with Gasteiger partial charge < -0.3 is 35.3 Å². The van der Waals surface area contributed by atoms with Gasteiger partial charge >= 0.3 is 15.4 Å². The van der Waals surface area contributed by atoms with Gasteiger partial charge in [-0.05, 0) is 6.42 Å². The summed E-state index contributed by atoms with van der Waals surface area (Å²) < 4.78 is 57.9. The topological polar surface area (TPSA) is 280 Å². The van der Waals surface area contributed by atoms with Gasteiger partial charge in [0.05, 0.1) is 43.7 Å². The smallest absolute Gasteiger partial charge is 0.382 e. The van der Waals surface area contributed by atoms with Gasteiger partial charge in [-0.25, -0.2) is 24.5 Å². The molecule has 7 N–H and O–H groups in total. The van der Waals surface area contributed by atoms with Crippen molar-refractivity contribution in [3.63, 3.8) is 0 Å². The number of aromatic nitrogens is 8. The van der Waals surface area contributed by atoms with Crippen LogP contribution in [-0.2, 0) is 32.2 Å². The fraction of sp³-hybridized carbons (Fsp3) is 0.524. The minimum atomic E-state index is -4.69. The number of aromatic amines is 1. The summed E-state index contributed by atoms with van der Waals surface area (Å²) >= 11 is 0. The highest BCUT2D eigenvalue weighted by Gasteiger charge is 2.47. The molecular formula is C21H26N10O10P2. The fourth-order valence-corrected chi connectivity index (χ4v) is 7.82. The summed E-state index contributed by atoms with van der Waals surface area (Å²) in [7, 11) is -8.95. The highest BCUT2D eigenvalue weighted by molar-refractivity contribution is 7.52. The molecule has 4 aromatic rings. The molecular weight excluding hydrogens is 614 g/mol. The van der Waals surface area contributed by atoms with Crippen molar-refractivity contribution < 1.29 is 42.0 Å². The number of ether oxygens (including phenoxy) is 2. The van der Waals surface area contributed by atoms with Crippen LogP contribution in [0.2, 0.25) is 0 Å². The molecule has 43 heavy (non-hydrogen) atoms. The molecule has 4 aromatic heterocycles. The minimum Gasteiger partial charge on any atom is -0.382 e. The summed E-state index contributed by atoms with van der Waals surface area (Å²) in [6.45, 7) is -0.526. The van der Waals surface area contributed by atoms with E-state index in [4.69, 9.17) is 34.5 Å². The van der Waals surface area contributed by atoms with E-state index in [2.05, 4.69) is 29.9 Å². The number of nitrogens with one attached hydrogen (secondary N) is 1. The van der Waals surface area contributed by atoms with Crippen molar-refractivity contribution in [3.8, 4) is 0 Å². The van der Waals surface area contributed by atoms with Crippen molar-refractivity contribution >= 4 is 49.5 Å². The predicted molar refractivity (Wildman–Crippen MR) is 144 cm³/mol.